The number of anilines is 3. The minimum atomic E-state index is -5.35. The Balaban J connectivity index is 1.53. The molecule has 1 atom stereocenters. The zero-order valence-corrected chi connectivity index (χ0v) is 31.2. The van der Waals surface area contributed by atoms with Crippen LogP contribution in [0.25, 0.3) is 21.5 Å². The van der Waals surface area contributed by atoms with Crippen LogP contribution in [0.2, 0.25) is 0 Å². The maximum Gasteiger partial charge on any atom is 0.320 e. The molecular formula is C31H25N7O14S4. The zero-order chi connectivity index (χ0) is 41.0. The molecule has 25 heteroatoms. The van der Waals surface area contributed by atoms with E-state index >= 15 is 0 Å². The molecule has 1 heterocycles. The van der Waals surface area contributed by atoms with Gasteiger partial charge in [0.25, 0.3) is 40.5 Å². The zero-order valence-electron chi connectivity index (χ0n) is 27.9. The Labute approximate surface area is 316 Å². The normalized spacial score (nSPS) is 16.6. The van der Waals surface area contributed by atoms with Gasteiger partial charge in [0, 0.05) is 16.5 Å². The minimum absolute atomic E-state index is 0.000504. The van der Waals surface area contributed by atoms with Crippen molar-refractivity contribution in [2.75, 3.05) is 10.6 Å². The van der Waals surface area contributed by atoms with Crippen molar-refractivity contribution < 1.29 is 62.1 Å². The molecule has 0 amide bonds. The van der Waals surface area contributed by atoms with E-state index < -0.39 is 111 Å². The van der Waals surface area contributed by atoms with Crippen LogP contribution in [-0.4, -0.2) is 81.8 Å². The average molecular weight is 848 g/mol. The Hall–Kier alpha value is -5.93. The SMILES string of the molecule is CC1(S(=O)(=O)O)C=CC=CC(Nc2nc(O)nc(Nc3cc(S(=O)(=O)O)cc4cc(S(=O)(=O)O)c(N=Nc5ccc6ccccc6c5S(=O)(=O)O)c(O)c34)n2)=C1. The van der Waals surface area contributed by atoms with Gasteiger partial charge in [0.1, 0.15) is 25.9 Å². The lowest BCUT2D eigenvalue weighted by atomic mass is 10.1. The monoisotopic (exact) mass is 847 g/mol. The van der Waals surface area contributed by atoms with Gasteiger partial charge < -0.3 is 20.8 Å². The standard InChI is InChI=1S/C31H25N7O14S4/c1-31(56(50,51)52)11-5-4-7-18(15-31)32-28-34-29(36-30(40)35-28)33-22-14-19(53(41,42)43)12-17-13-23(54(44,45)46)25(26(39)24(17)22)38-37-21-10-9-16-6-2-3-8-20(16)27(21)55(47,48)49/h2-15,39H,1H3,(H,41,42,43)(H,44,45,46)(H,47,48,49)(H,50,51,52)(H3,32,33,34,35,36,40). The summed E-state index contributed by atoms with van der Waals surface area (Å²) in [7, 11) is -20.1. The van der Waals surface area contributed by atoms with Crippen molar-refractivity contribution >= 4 is 91.0 Å². The number of nitrogens with one attached hydrogen (secondary N) is 2. The van der Waals surface area contributed by atoms with Gasteiger partial charge in [-0.1, -0.05) is 48.6 Å². The van der Waals surface area contributed by atoms with Crippen molar-refractivity contribution in [3.05, 3.63) is 90.7 Å². The maximum atomic E-state index is 12.6. The molecule has 0 fully saturated rings. The smallest absolute Gasteiger partial charge is 0.320 e. The van der Waals surface area contributed by atoms with Crippen molar-refractivity contribution in [2.45, 2.75) is 26.4 Å². The number of benzene rings is 4. The van der Waals surface area contributed by atoms with E-state index in [4.69, 9.17) is 0 Å². The maximum absolute atomic E-state index is 12.6. The summed E-state index contributed by atoms with van der Waals surface area (Å²) in [6.45, 7) is 1.18. The molecule has 1 unspecified atom stereocenters. The number of azo groups is 1. The van der Waals surface area contributed by atoms with E-state index in [2.05, 4.69) is 35.8 Å². The minimum Gasteiger partial charge on any atom is -0.505 e. The first-order valence-corrected chi connectivity index (χ1v) is 21.0. The van der Waals surface area contributed by atoms with Crippen LogP contribution in [0.1, 0.15) is 6.92 Å². The van der Waals surface area contributed by atoms with E-state index in [0.29, 0.717) is 17.5 Å². The molecule has 1 aliphatic carbocycles. The number of aromatic hydroxyl groups is 2. The summed E-state index contributed by atoms with van der Waals surface area (Å²) in [5, 5.41) is 33.9. The molecule has 21 nitrogen and oxygen atoms in total. The van der Waals surface area contributed by atoms with Gasteiger partial charge in [-0.3, -0.25) is 18.2 Å². The van der Waals surface area contributed by atoms with Crippen molar-refractivity contribution in [3.63, 3.8) is 0 Å². The summed E-state index contributed by atoms with van der Waals surface area (Å²) in [5.41, 5.74) is -2.05. The van der Waals surface area contributed by atoms with Gasteiger partial charge >= 0.3 is 6.01 Å². The molecule has 56 heavy (non-hydrogen) atoms. The lowest BCUT2D eigenvalue weighted by Crippen LogP contribution is -2.31. The lowest BCUT2D eigenvalue weighted by molar-refractivity contribution is 0.430. The number of nitrogens with zero attached hydrogens (tertiary/aromatic N) is 5. The van der Waals surface area contributed by atoms with Crippen LogP contribution in [0.5, 0.6) is 11.8 Å². The van der Waals surface area contributed by atoms with E-state index in [1.165, 1.54) is 55.5 Å². The van der Waals surface area contributed by atoms with Crippen LogP contribution < -0.4 is 10.6 Å². The average Bonchev–Trinajstić information content (AvgIpc) is 3.27. The van der Waals surface area contributed by atoms with Crippen molar-refractivity contribution in [1.82, 2.24) is 15.0 Å². The van der Waals surface area contributed by atoms with Gasteiger partial charge in [-0.25, -0.2) is 0 Å². The molecule has 0 radical (unpaired) electrons. The molecule has 4 aromatic carbocycles. The van der Waals surface area contributed by atoms with Gasteiger partial charge in [0.15, 0.2) is 5.75 Å². The van der Waals surface area contributed by atoms with Crippen LogP contribution >= 0.6 is 0 Å². The molecule has 1 aliphatic rings. The van der Waals surface area contributed by atoms with E-state index in [1.807, 2.05) is 0 Å². The van der Waals surface area contributed by atoms with Crippen LogP contribution in [0.3, 0.4) is 0 Å². The molecule has 8 N–H and O–H groups in total. The predicted octanol–water partition coefficient (Wildman–Crippen LogP) is 4.56. The van der Waals surface area contributed by atoms with Crippen LogP contribution in [0.4, 0.5) is 29.0 Å². The lowest BCUT2D eigenvalue weighted by Gasteiger charge is -2.18. The summed E-state index contributed by atoms with van der Waals surface area (Å²) < 4.78 is 137. The number of fused-ring (bicyclic) bond motifs is 2. The number of hydrogen-bond acceptors (Lipinski definition) is 17. The van der Waals surface area contributed by atoms with Crippen molar-refractivity contribution in [3.8, 4) is 11.8 Å². The highest BCUT2D eigenvalue weighted by atomic mass is 32.2. The molecule has 0 saturated heterocycles. The number of hydrogen-bond donors (Lipinski definition) is 8. The topological polar surface area (TPSA) is 345 Å². The first kappa shape index (κ1) is 39.8. The molecule has 0 aliphatic heterocycles. The highest BCUT2D eigenvalue weighted by molar-refractivity contribution is 7.87. The fourth-order valence-corrected chi connectivity index (χ4v) is 8.02. The summed E-state index contributed by atoms with van der Waals surface area (Å²) in [5.74, 6) is -2.18. The van der Waals surface area contributed by atoms with E-state index in [9.17, 15) is 62.1 Å². The van der Waals surface area contributed by atoms with Crippen molar-refractivity contribution in [1.29, 1.82) is 0 Å². The van der Waals surface area contributed by atoms with Gasteiger partial charge in [-0.2, -0.15) is 48.6 Å². The highest BCUT2D eigenvalue weighted by Gasteiger charge is 2.34. The van der Waals surface area contributed by atoms with Gasteiger partial charge in [0.05, 0.1) is 10.6 Å². The molecule has 5 aromatic rings. The number of phenolic OH excluding ortho intramolecular Hbond substituents is 1. The number of allylic oxidation sites excluding steroid dienone is 3. The second kappa shape index (κ2) is 14.0. The fourth-order valence-electron chi connectivity index (χ4n) is 5.46. The van der Waals surface area contributed by atoms with Gasteiger partial charge in [0.2, 0.25) is 11.9 Å². The Morgan fingerprint density at radius 1 is 0.714 bits per heavy atom. The fraction of sp³-hybridized carbons (Fsp3) is 0.0645. The van der Waals surface area contributed by atoms with E-state index in [-0.39, 0.29) is 11.1 Å². The van der Waals surface area contributed by atoms with E-state index in [0.717, 1.165) is 18.2 Å². The Kier molecular flexibility index (Phi) is 9.92. The molecular weight excluding hydrogens is 823 g/mol. The first-order valence-electron chi connectivity index (χ1n) is 15.2. The summed E-state index contributed by atoms with van der Waals surface area (Å²) in [6.07, 6.45) is 6.39. The second-order valence-corrected chi connectivity index (χ2v) is 17.9. The highest BCUT2D eigenvalue weighted by Crippen LogP contribution is 2.46. The largest absolute Gasteiger partial charge is 0.505 e. The summed E-state index contributed by atoms with van der Waals surface area (Å²) in [6, 6.07) is 9.57. The quantitative estimate of drug-likeness (QED) is 0.0705. The third-order valence-electron chi connectivity index (χ3n) is 8.01. The summed E-state index contributed by atoms with van der Waals surface area (Å²) >= 11 is 0. The Bertz CT molecular complexity index is 3080. The Morgan fingerprint density at radius 2 is 1.39 bits per heavy atom. The second-order valence-electron chi connectivity index (χ2n) is 11.9. The molecule has 6 rings (SSSR count). The Morgan fingerprint density at radius 3 is 2.04 bits per heavy atom. The van der Waals surface area contributed by atoms with Crippen LogP contribution in [0.15, 0.2) is 116 Å². The molecule has 0 saturated carbocycles. The number of rotatable bonds is 10. The molecule has 1 aromatic heterocycles. The number of aromatic nitrogens is 3. The molecule has 0 spiro atoms. The van der Waals surface area contributed by atoms with Gasteiger partial charge in [-0.15, -0.1) is 10.2 Å². The molecule has 292 valence electrons. The number of phenols is 1. The molecule has 0 bridgehead atoms. The van der Waals surface area contributed by atoms with Crippen LogP contribution in [-0.2, 0) is 40.5 Å². The van der Waals surface area contributed by atoms with E-state index in [1.54, 1.807) is 6.07 Å². The third kappa shape index (κ3) is 8.04. The summed E-state index contributed by atoms with van der Waals surface area (Å²) in [4.78, 5) is 8.65. The predicted molar refractivity (Wildman–Crippen MR) is 198 cm³/mol. The van der Waals surface area contributed by atoms with Crippen molar-refractivity contribution in [2.24, 2.45) is 10.2 Å². The first-order chi connectivity index (χ1) is 25.9. The third-order valence-corrected chi connectivity index (χ3v) is 12.0. The van der Waals surface area contributed by atoms with Gasteiger partial charge in [-0.05, 0) is 54.1 Å². The van der Waals surface area contributed by atoms with Crippen LogP contribution in [0, 0.1) is 0 Å².